The minimum absolute atomic E-state index is 0.0814. The molecule has 7 heteroatoms. The van der Waals surface area contributed by atoms with Crippen LogP contribution in [0.15, 0.2) is 65.5 Å². The maximum atomic E-state index is 12.0. The molecule has 0 atom stereocenters. The van der Waals surface area contributed by atoms with Crippen LogP contribution in [0.4, 0.5) is 11.6 Å². The lowest BCUT2D eigenvalue weighted by atomic mass is 10.2. The first-order valence-corrected chi connectivity index (χ1v) is 8.29. The highest BCUT2D eigenvalue weighted by Crippen LogP contribution is 2.13. The van der Waals surface area contributed by atoms with E-state index < -0.39 is 0 Å². The molecule has 0 bridgehead atoms. The molecule has 0 aliphatic carbocycles. The molecule has 0 unspecified atom stereocenters. The van der Waals surface area contributed by atoms with Crippen molar-refractivity contribution in [1.29, 1.82) is 0 Å². The topological polar surface area (TPSA) is 89.3 Å². The number of furan rings is 1. The van der Waals surface area contributed by atoms with Crippen LogP contribution >= 0.6 is 0 Å². The van der Waals surface area contributed by atoms with Gasteiger partial charge in [0.05, 0.1) is 12.9 Å². The Bertz CT molecular complexity index is 807. The van der Waals surface area contributed by atoms with Gasteiger partial charge in [-0.15, -0.1) is 0 Å². The molecule has 1 aromatic carbocycles. The standard InChI is InChI=1S/C19H20N4O3/c24-18(7-10-22-19-20-8-3-9-21-19)23-16-5-1-4-15(12-16)13-25-14-17-6-2-11-26-17/h1-6,8-9,11-12H,7,10,13-14H2,(H,23,24)(H,20,21,22). The van der Waals surface area contributed by atoms with Crippen LogP contribution < -0.4 is 10.6 Å². The summed E-state index contributed by atoms with van der Waals surface area (Å²) in [5, 5.41) is 5.88. The van der Waals surface area contributed by atoms with Crippen molar-refractivity contribution in [2.24, 2.45) is 0 Å². The number of nitrogens with zero attached hydrogens (tertiary/aromatic N) is 2. The molecule has 1 amide bonds. The fourth-order valence-corrected chi connectivity index (χ4v) is 2.30. The minimum Gasteiger partial charge on any atom is -0.467 e. The van der Waals surface area contributed by atoms with E-state index in [1.165, 1.54) is 0 Å². The van der Waals surface area contributed by atoms with E-state index in [4.69, 9.17) is 9.15 Å². The number of ether oxygens (including phenoxy) is 1. The lowest BCUT2D eigenvalue weighted by molar-refractivity contribution is -0.115. The molecular formula is C19H20N4O3. The normalized spacial score (nSPS) is 10.5. The zero-order valence-electron chi connectivity index (χ0n) is 14.2. The number of rotatable bonds is 9. The molecule has 134 valence electrons. The molecule has 2 aromatic heterocycles. The summed E-state index contributed by atoms with van der Waals surface area (Å²) < 4.78 is 10.8. The van der Waals surface area contributed by atoms with Crippen molar-refractivity contribution in [3.8, 4) is 0 Å². The quantitative estimate of drug-likeness (QED) is 0.615. The van der Waals surface area contributed by atoms with Crippen LogP contribution in [0.25, 0.3) is 0 Å². The zero-order valence-corrected chi connectivity index (χ0v) is 14.2. The Morgan fingerprint density at radius 1 is 1.08 bits per heavy atom. The fourth-order valence-electron chi connectivity index (χ4n) is 2.30. The lowest BCUT2D eigenvalue weighted by Gasteiger charge is -2.08. The zero-order chi connectivity index (χ0) is 18.0. The van der Waals surface area contributed by atoms with Crippen molar-refractivity contribution in [1.82, 2.24) is 9.97 Å². The molecule has 26 heavy (non-hydrogen) atoms. The molecule has 0 saturated carbocycles. The molecule has 0 aliphatic heterocycles. The third-order valence-electron chi connectivity index (χ3n) is 3.50. The molecule has 0 saturated heterocycles. The number of aromatic nitrogens is 2. The van der Waals surface area contributed by atoms with Crippen molar-refractivity contribution in [2.45, 2.75) is 19.6 Å². The van der Waals surface area contributed by atoms with Gasteiger partial charge in [0.1, 0.15) is 12.4 Å². The summed E-state index contributed by atoms with van der Waals surface area (Å²) >= 11 is 0. The van der Waals surface area contributed by atoms with Gasteiger partial charge in [-0.3, -0.25) is 4.79 Å². The summed E-state index contributed by atoms with van der Waals surface area (Å²) in [6, 6.07) is 13.0. The summed E-state index contributed by atoms with van der Waals surface area (Å²) in [7, 11) is 0. The van der Waals surface area contributed by atoms with Gasteiger partial charge >= 0.3 is 0 Å². The maximum Gasteiger partial charge on any atom is 0.226 e. The number of anilines is 2. The molecule has 0 spiro atoms. The molecule has 7 nitrogen and oxygen atoms in total. The number of carbonyl (C=O) groups excluding carboxylic acids is 1. The summed E-state index contributed by atoms with van der Waals surface area (Å²) in [5.74, 6) is 1.21. The second-order valence-electron chi connectivity index (χ2n) is 5.57. The van der Waals surface area contributed by atoms with Crippen molar-refractivity contribution in [3.63, 3.8) is 0 Å². The first-order chi connectivity index (χ1) is 12.8. The Labute approximate surface area is 151 Å². The largest absolute Gasteiger partial charge is 0.467 e. The van der Waals surface area contributed by atoms with Crippen LogP contribution in [-0.4, -0.2) is 22.4 Å². The number of nitrogens with one attached hydrogen (secondary N) is 2. The molecule has 2 heterocycles. The predicted molar refractivity (Wildman–Crippen MR) is 97.4 cm³/mol. The van der Waals surface area contributed by atoms with E-state index in [1.807, 2.05) is 36.4 Å². The van der Waals surface area contributed by atoms with E-state index in [-0.39, 0.29) is 5.91 Å². The van der Waals surface area contributed by atoms with E-state index in [9.17, 15) is 4.79 Å². The van der Waals surface area contributed by atoms with E-state index in [0.29, 0.717) is 32.1 Å². The van der Waals surface area contributed by atoms with Gasteiger partial charge in [-0.1, -0.05) is 12.1 Å². The van der Waals surface area contributed by atoms with Gasteiger partial charge in [0, 0.05) is 31.0 Å². The van der Waals surface area contributed by atoms with Crippen molar-refractivity contribution in [2.75, 3.05) is 17.2 Å². The molecule has 0 aliphatic rings. The van der Waals surface area contributed by atoms with Gasteiger partial charge in [0.2, 0.25) is 11.9 Å². The Morgan fingerprint density at radius 2 is 1.96 bits per heavy atom. The highest BCUT2D eigenvalue weighted by molar-refractivity contribution is 5.91. The van der Waals surface area contributed by atoms with E-state index >= 15 is 0 Å². The van der Waals surface area contributed by atoms with Crippen LogP contribution in [0, 0.1) is 0 Å². The van der Waals surface area contributed by atoms with Gasteiger partial charge in [0.15, 0.2) is 0 Å². The van der Waals surface area contributed by atoms with Gasteiger partial charge < -0.3 is 19.8 Å². The maximum absolute atomic E-state index is 12.0. The summed E-state index contributed by atoms with van der Waals surface area (Å²) in [6.07, 6.45) is 5.23. The predicted octanol–water partition coefficient (Wildman–Crippen LogP) is 3.23. The lowest BCUT2D eigenvalue weighted by Crippen LogP contribution is -2.17. The summed E-state index contributed by atoms with van der Waals surface area (Å²) in [6.45, 7) is 1.32. The summed E-state index contributed by atoms with van der Waals surface area (Å²) in [4.78, 5) is 20.1. The third-order valence-corrected chi connectivity index (χ3v) is 3.50. The molecule has 2 N–H and O–H groups in total. The fraction of sp³-hybridized carbons (Fsp3) is 0.211. The van der Waals surface area contributed by atoms with Crippen molar-refractivity contribution >= 4 is 17.5 Å². The Balaban J connectivity index is 1.41. The van der Waals surface area contributed by atoms with E-state index in [2.05, 4.69) is 20.6 Å². The third kappa shape index (κ3) is 5.71. The highest BCUT2D eigenvalue weighted by Gasteiger charge is 2.04. The van der Waals surface area contributed by atoms with Crippen LogP contribution in [0.1, 0.15) is 17.7 Å². The number of benzene rings is 1. The smallest absolute Gasteiger partial charge is 0.226 e. The number of hydrogen-bond acceptors (Lipinski definition) is 6. The minimum atomic E-state index is -0.0814. The number of amides is 1. The first-order valence-electron chi connectivity index (χ1n) is 8.29. The van der Waals surface area contributed by atoms with Crippen molar-refractivity contribution < 1.29 is 13.9 Å². The van der Waals surface area contributed by atoms with Crippen LogP contribution in [0.3, 0.4) is 0 Å². The number of hydrogen-bond donors (Lipinski definition) is 2. The molecule has 0 radical (unpaired) electrons. The van der Waals surface area contributed by atoms with E-state index in [0.717, 1.165) is 17.0 Å². The molecule has 0 fully saturated rings. The van der Waals surface area contributed by atoms with Crippen LogP contribution in [-0.2, 0) is 22.7 Å². The average Bonchev–Trinajstić information content (AvgIpc) is 3.16. The van der Waals surface area contributed by atoms with Crippen LogP contribution in [0.2, 0.25) is 0 Å². The van der Waals surface area contributed by atoms with Gasteiger partial charge in [-0.2, -0.15) is 0 Å². The molecule has 3 aromatic rings. The highest BCUT2D eigenvalue weighted by atomic mass is 16.5. The Kier molecular flexibility index (Phi) is 6.33. The van der Waals surface area contributed by atoms with Gasteiger partial charge in [-0.05, 0) is 35.9 Å². The second-order valence-corrected chi connectivity index (χ2v) is 5.57. The van der Waals surface area contributed by atoms with Crippen LogP contribution in [0.5, 0.6) is 0 Å². The Hall–Kier alpha value is -3.19. The molecule has 3 rings (SSSR count). The number of carbonyl (C=O) groups is 1. The van der Waals surface area contributed by atoms with Crippen molar-refractivity contribution in [3.05, 3.63) is 72.4 Å². The molecular weight excluding hydrogens is 332 g/mol. The average molecular weight is 352 g/mol. The Morgan fingerprint density at radius 3 is 2.77 bits per heavy atom. The SMILES string of the molecule is O=C(CCNc1ncccn1)Nc1cccc(COCc2ccco2)c1. The summed E-state index contributed by atoms with van der Waals surface area (Å²) in [5.41, 5.74) is 1.72. The van der Waals surface area contributed by atoms with Gasteiger partial charge in [-0.25, -0.2) is 9.97 Å². The van der Waals surface area contributed by atoms with E-state index in [1.54, 1.807) is 24.7 Å². The first kappa shape index (κ1) is 17.6. The van der Waals surface area contributed by atoms with Gasteiger partial charge in [0.25, 0.3) is 0 Å². The monoisotopic (exact) mass is 352 g/mol. The second kappa shape index (κ2) is 9.33.